The van der Waals surface area contributed by atoms with E-state index in [1.54, 1.807) is 6.08 Å². The third-order valence-electron chi connectivity index (χ3n) is 1.05. The predicted molar refractivity (Wildman–Crippen MR) is 45.2 cm³/mol. The Kier molecular flexibility index (Phi) is 6.39. The lowest BCUT2D eigenvalue weighted by molar-refractivity contribution is -0.136. The average Bonchev–Trinajstić information content (AvgIpc) is 2.01. The van der Waals surface area contributed by atoms with E-state index in [1.165, 1.54) is 6.08 Å². The molecule has 0 saturated carbocycles. The molecule has 0 spiro atoms. The van der Waals surface area contributed by atoms with Crippen molar-refractivity contribution in [3.63, 3.8) is 0 Å². The zero-order chi connectivity index (χ0) is 8.53. The van der Waals surface area contributed by atoms with Crippen molar-refractivity contribution >= 4 is 5.97 Å². The molecule has 0 rings (SSSR count). The van der Waals surface area contributed by atoms with Crippen molar-refractivity contribution in [3.8, 4) is 0 Å². The Bertz CT molecular complexity index is 148. The van der Waals surface area contributed by atoms with Crippen LogP contribution in [0, 0.1) is 0 Å². The molecule has 62 valence electrons. The van der Waals surface area contributed by atoms with Crippen LogP contribution in [-0.4, -0.2) is 12.6 Å². The molecule has 2 nitrogen and oxygen atoms in total. The highest BCUT2D eigenvalue weighted by Crippen LogP contribution is 1.89. The summed E-state index contributed by atoms with van der Waals surface area (Å²) in [5, 5.41) is 0. The second-order valence-electron chi connectivity index (χ2n) is 2.11. The van der Waals surface area contributed by atoms with E-state index in [1.807, 2.05) is 6.08 Å². The first kappa shape index (κ1) is 9.95. The van der Waals surface area contributed by atoms with Crippen molar-refractivity contribution < 1.29 is 9.53 Å². The number of allylic oxidation sites excluding steroid dienone is 1. The molecule has 0 aliphatic carbocycles. The fraction of sp³-hybridized carbons (Fsp3) is 0.444. The zero-order valence-electron chi connectivity index (χ0n) is 6.88. The summed E-state index contributed by atoms with van der Waals surface area (Å²) in [6.07, 6.45) is 6.78. The molecule has 0 atom stereocenters. The second-order valence-corrected chi connectivity index (χ2v) is 2.11. The normalized spacial score (nSPS) is 9.91. The van der Waals surface area contributed by atoms with Gasteiger partial charge in [0.05, 0.1) is 0 Å². The maximum atomic E-state index is 10.7. The van der Waals surface area contributed by atoms with Gasteiger partial charge in [0.2, 0.25) is 0 Å². The molecule has 0 heterocycles. The zero-order valence-corrected chi connectivity index (χ0v) is 6.88. The third-order valence-corrected chi connectivity index (χ3v) is 1.05. The molecule has 0 saturated heterocycles. The average molecular weight is 154 g/mol. The van der Waals surface area contributed by atoms with Crippen LogP contribution < -0.4 is 0 Å². The Balaban J connectivity index is 3.42. The number of esters is 1. The van der Waals surface area contributed by atoms with Gasteiger partial charge in [0.15, 0.2) is 0 Å². The Morgan fingerprint density at radius 2 is 2.36 bits per heavy atom. The number of rotatable bonds is 5. The van der Waals surface area contributed by atoms with E-state index >= 15 is 0 Å². The maximum Gasteiger partial charge on any atom is 0.330 e. The smallest absolute Gasteiger partial charge is 0.330 e. The summed E-state index contributed by atoms with van der Waals surface area (Å²) in [5.41, 5.74) is 0. The van der Waals surface area contributed by atoms with Crippen molar-refractivity contribution in [2.75, 3.05) is 6.61 Å². The molecule has 11 heavy (non-hydrogen) atoms. The van der Waals surface area contributed by atoms with Crippen molar-refractivity contribution in [1.82, 2.24) is 0 Å². The van der Waals surface area contributed by atoms with Gasteiger partial charge in [-0.1, -0.05) is 32.1 Å². The largest absolute Gasteiger partial charge is 0.458 e. The Hall–Kier alpha value is -1.05. The van der Waals surface area contributed by atoms with E-state index in [4.69, 9.17) is 4.74 Å². The van der Waals surface area contributed by atoms with E-state index in [0.29, 0.717) is 0 Å². The minimum atomic E-state index is -0.293. The van der Waals surface area contributed by atoms with Crippen LogP contribution in [-0.2, 0) is 9.53 Å². The maximum absolute atomic E-state index is 10.7. The minimum absolute atomic E-state index is 0.287. The molecule has 0 aromatic rings. The van der Waals surface area contributed by atoms with Crippen LogP contribution >= 0.6 is 0 Å². The Morgan fingerprint density at radius 3 is 2.91 bits per heavy atom. The number of hydrogen-bond acceptors (Lipinski definition) is 2. The number of carbonyl (C=O) groups is 1. The summed E-state index contributed by atoms with van der Waals surface area (Å²) < 4.78 is 4.69. The van der Waals surface area contributed by atoms with Gasteiger partial charge in [-0.3, -0.25) is 0 Å². The molecule has 0 unspecified atom stereocenters. The molecule has 0 amide bonds. The monoisotopic (exact) mass is 154 g/mol. The summed E-state index contributed by atoms with van der Waals surface area (Å²) in [5.74, 6) is -0.293. The molecule has 0 aliphatic rings. The Labute approximate surface area is 67.6 Å². The van der Waals surface area contributed by atoms with Gasteiger partial charge in [-0.2, -0.15) is 0 Å². The molecule has 0 bridgehead atoms. The molecular formula is C9H14O2. The van der Waals surface area contributed by atoms with Gasteiger partial charge in [0.1, 0.15) is 6.61 Å². The fourth-order valence-corrected chi connectivity index (χ4v) is 0.535. The van der Waals surface area contributed by atoms with E-state index in [-0.39, 0.29) is 12.6 Å². The van der Waals surface area contributed by atoms with Crippen LogP contribution in [0.2, 0.25) is 0 Å². The molecule has 0 aliphatic heterocycles. The number of carbonyl (C=O) groups excluding carboxylic acids is 1. The SMILES string of the molecule is C=CCOC(=O)C=CCCC. The van der Waals surface area contributed by atoms with Crippen LogP contribution in [0.5, 0.6) is 0 Å². The molecule has 0 fully saturated rings. The van der Waals surface area contributed by atoms with E-state index in [2.05, 4.69) is 13.5 Å². The first-order chi connectivity index (χ1) is 5.31. The number of ether oxygens (including phenoxy) is 1. The summed E-state index contributed by atoms with van der Waals surface area (Å²) in [6.45, 7) is 5.77. The standard InChI is InChI=1S/C9H14O2/c1-3-5-6-7-9(10)11-8-4-2/h4,6-7H,2-3,5,8H2,1H3. The first-order valence-corrected chi connectivity index (χ1v) is 3.75. The predicted octanol–water partition coefficient (Wildman–Crippen LogP) is 2.07. The van der Waals surface area contributed by atoms with Gasteiger partial charge in [-0.05, 0) is 6.42 Å². The molecule has 2 heteroatoms. The van der Waals surface area contributed by atoms with Crippen molar-refractivity contribution in [3.05, 3.63) is 24.8 Å². The van der Waals surface area contributed by atoms with E-state index in [9.17, 15) is 4.79 Å². The van der Waals surface area contributed by atoms with Crippen molar-refractivity contribution in [2.24, 2.45) is 0 Å². The van der Waals surface area contributed by atoms with Crippen LogP contribution in [0.3, 0.4) is 0 Å². The van der Waals surface area contributed by atoms with Gasteiger partial charge >= 0.3 is 5.97 Å². The fourth-order valence-electron chi connectivity index (χ4n) is 0.535. The van der Waals surface area contributed by atoms with Crippen LogP contribution in [0.4, 0.5) is 0 Å². The molecule has 0 radical (unpaired) electrons. The number of hydrogen-bond donors (Lipinski definition) is 0. The van der Waals surface area contributed by atoms with Gasteiger partial charge in [0, 0.05) is 6.08 Å². The highest BCUT2D eigenvalue weighted by atomic mass is 16.5. The van der Waals surface area contributed by atoms with E-state index < -0.39 is 0 Å². The quantitative estimate of drug-likeness (QED) is 0.344. The van der Waals surface area contributed by atoms with Gasteiger partial charge in [0.25, 0.3) is 0 Å². The lowest BCUT2D eigenvalue weighted by Crippen LogP contribution is -1.99. The molecule has 0 aromatic carbocycles. The molecular weight excluding hydrogens is 140 g/mol. The third kappa shape index (κ3) is 6.84. The summed E-state index contributed by atoms with van der Waals surface area (Å²) >= 11 is 0. The highest BCUT2D eigenvalue weighted by molar-refractivity contribution is 5.81. The lowest BCUT2D eigenvalue weighted by atomic mass is 10.3. The van der Waals surface area contributed by atoms with Crippen LogP contribution in [0.15, 0.2) is 24.8 Å². The minimum Gasteiger partial charge on any atom is -0.458 e. The summed E-state index contributed by atoms with van der Waals surface area (Å²) in [7, 11) is 0. The van der Waals surface area contributed by atoms with E-state index in [0.717, 1.165) is 12.8 Å². The molecule has 0 N–H and O–H groups in total. The highest BCUT2D eigenvalue weighted by Gasteiger charge is 1.91. The van der Waals surface area contributed by atoms with Crippen molar-refractivity contribution in [1.29, 1.82) is 0 Å². The van der Waals surface area contributed by atoms with Gasteiger partial charge in [-0.25, -0.2) is 4.79 Å². The van der Waals surface area contributed by atoms with Gasteiger partial charge < -0.3 is 4.74 Å². The topological polar surface area (TPSA) is 26.3 Å². The Morgan fingerprint density at radius 1 is 1.64 bits per heavy atom. The summed E-state index contributed by atoms with van der Waals surface area (Å²) in [4.78, 5) is 10.7. The number of unbranched alkanes of at least 4 members (excludes halogenated alkanes) is 1. The van der Waals surface area contributed by atoms with Gasteiger partial charge in [-0.15, -0.1) is 0 Å². The first-order valence-electron chi connectivity index (χ1n) is 3.75. The van der Waals surface area contributed by atoms with Crippen LogP contribution in [0.25, 0.3) is 0 Å². The molecule has 0 aromatic heterocycles. The lowest BCUT2D eigenvalue weighted by Gasteiger charge is -1.94. The summed E-state index contributed by atoms with van der Waals surface area (Å²) in [6, 6.07) is 0. The second kappa shape index (κ2) is 7.06. The van der Waals surface area contributed by atoms with Crippen molar-refractivity contribution in [2.45, 2.75) is 19.8 Å². The van der Waals surface area contributed by atoms with Crippen LogP contribution in [0.1, 0.15) is 19.8 Å².